The van der Waals surface area contributed by atoms with Crippen molar-refractivity contribution >= 4 is 10.0 Å². The van der Waals surface area contributed by atoms with E-state index in [0.29, 0.717) is 41.6 Å². The topological polar surface area (TPSA) is 71.8 Å². The number of sulfonamides is 1. The summed E-state index contributed by atoms with van der Waals surface area (Å²) < 4.78 is 38.7. The zero-order chi connectivity index (χ0) is 15.8. The van der Waals surface area contributed by atoms with Crippen LogP contribution in [0, 0.1) is 13.8 Å². The number of morpholine rings is 1. The minimum atomic E-state index is -3.57. The van der Waals surface area contributed by atoms with Crippen LogP contribution in [-0.2, 0) is 21.3 Å². The van der Waals surface area contributed by atoms with Gasteiger partial charge in [0.25, 0.3) is 0 Å². The number of hydrogen-bond donors (Lipinski definition) is 1. The van der Waals surface area contributed by atoms with E-state index in [0.717, 1.165) is 0 Å². The van der Waals surface area contributed by atoms with E-state index in [2.05, 4.69) is 5.32 Å². The maximum absolute atomic E-state index is 13.0. The van der Waals surface area contributed by atoms with Crippen LogP contribution in [0.5, 0.6) is 0 Å². The van der Waals surface area contributed by atoms with Crippen molar-refractivity contribution < 1.29 is 17.6 Å². The molecule has 1 aliphatic rings. The highest BCUT2D eigenvalue weighted by molar-refractivity contribution is 7.89. The van der Waals surface area contributed by atoms with Gasteiger partial charge in [0.2, 0.25) is 10.0 Å². The van der Waals surface area contributed by atoms with Crippen molar-refractivity contribution in [1.29, 1.82) is 0 Å². The van der Waals surface area contributed by atoms with Gasteiger partial charge in [-0.15, -0.1) is 0 Å². The second kappa shape index (κ2) is 6.08. The molecule has 1 N–H and O–H groups in total. The van der Waals surface area contributed by atoms with Gasteiger partial charge in [-0.05, 0) is 34.7 Å². The van der Waals surface area contributed by atoms with Gasteiger partial charge < -0.3 is 14.5 Å². The average molecular weight is 316 g/mol. The summed E-state index contributed by atoms with van der Waals surface area (Å²) in [5, 5.41) is 3.00. The van der Waals surface area contributed by atoms with E-state index in [4.69, 9.17) is 9.15 Å². The van der Waals surface area contributed by atoms with E-state index in [1.807, 2.05) is 13.8 Å². The van der Waals surface area contributed by atoms with Crippen molar-refractivity contribution in [3.8, 4) is 0 Å². The Balaban J connectivity index is 2.44. The highest BCUT2D eigenvalue weighted by Gasteiger charge is 2.36. The summed E-state index contributed by atoms with van der Waals surface area (Å²) in [7, 11) is -1.78. The molecule has 2 heterocycles. The molecule has 0 aliphatic carbocycles. The molecule has 7 heteroatoms. The molecule has 0 radical (unpaired) electrons. The number of ether oxygens (including phenoxy) is 1. The number of furan rings is 1. The van der Waals surface area contributed by atoms with Gasteiger partial charge in [-0.2, -0.15) is 4.31 Å². The number of aryl methyl sites for hydroxylation is 2. The van der Waals surface area contributed by atoms with Crippen LogP contribution in [-0.4, -0.2) is 45.1 Å². The lowest BCUT2D eigenvalue weighted by molar-refractivity contribution is -0.0441. The molecule has 6 nitrogen and oxygen atoms in total. The van der Waals surface area contributed by atoms with Crippen LogP contribution in [0.3, 0.4) is 0 Å². The van der Waals surface area contributed by atoms with Gasteiger partial charge in [0.1, 0.15) is 16.4 Å². The smallest absolute Gasteiger partial charge is 0.247 e. The Morgan fingerprint density at radius 3 is 2.29 bits per heavy atom. The van der Waals surface area contributed by atoms with E-state index < -0.39 is 10.0 Å². The summed E-state index contributed by atoms with van der Waals surface area (Å²) >= 11 is 0. The second-order valence-electron chi connectivity index (χ2n) is 5.63. The maximum Gasteiger partial charge on any atom is 0.247 e. The van der Waals surface area contributed by atoms with E-state index >= 15 is 0 Å². The maximum atomic E-state index is 13.0. The minimum Gasteiger partial charge on any atom is -0.465 e. The van der Waals surface area contributed by atoms with Gasteiger partial charge in [0.15, 0.2) is 0 Å². The van der Waals surface area contributed by atoms with Crippen molar-refractivity contribution in [2.75, 3.05) is 20.1 Å². The summed E-state index contributed by atoms with van der Waals surface area (Å²) in [4.78, 5) is 0.302. The molecule has 2 rings (SSSR count). The van der Waals surface area contributed by atoms with Crippen LogP contribution in [0.2, 0.25) is 0 Å². The summed E-state index contributed by atoms with van der Waals surface area (Å²) in [6.07, 6.45) is -0.214. The summed E-state index contributed by atoms with van der Waals surface area (Å²) in [6, 6.07) is 0. The van der Waals surface area contributed by atoms with E-state index in [9.17, 15) is 8.42 Å². The first-order valence-electron chi connectivity index (χ1n) is 7.16. The molecule has 0 saturated carbocycles. The summed E-state index contributed by atoms with van der Waals surface area (Å²) in [5.41, 5.74) is 0.710. The molecular weight excluding hydrogens is 292 g/mol. The average Bonchev–Trinajstić information content (AvgIpc) is 2.64. The Bertz CT molecular complexity index is 599. The molecule has 1 aromatic heterocycles. The Hall–Kier alpha value is -0.890. The normalized spacial score (nSPS) is 24.4. The van der Waals surface area contributed by atoms with Gasteiger partial charge >= 0.3 is 0 Å². The molecule has 1 saturated heterocycles. The predicted molar refractivity (Wildman–Crippen MR) is 79.7 cm³/mol. The Labute approximate surface area is 126 Å². The van der Waals surface area contributed by atoms with Crippen LogP contribution in [0.25, 0.3) is 0 Å². The highest BCUT2D eigenvalue weighted by Crippen LogP contribution is 2.30. The van der Waals surface area contributed by atoms with Gasteiger partial charge in [-0.3, -0.25) is 0 Å². The monoisotopic (exact) mass is 316 g/mol. The zero-order valence-corrected chi connectivity index (χ0v) is 14.1. The minimum absolute atomic E-state index is 0.107. The molecule has 0 amide bonds. The third-order valence-electron chi connectivity index (χ3n) is 3.66. The zero-order valence-electron chi connectivity index (χ0n) is 13.3. The van der Waals surface area contributed by atoms with Crippen LogP contribution >= 0.6 is 0 Å². The molecule has 21 heavy (non-hydrogen) atoms. The lowest BCUT2D eigenvalue weighted by Gasteiger charge is -2.34. The fourth-order valence-electron chi connectivity index (χ4n) is 2.88. The van der Waals surface area contributed by atoms with E-state index in [-0.39, 0.29) is 12.2 Å². The Morgan fingerprint density at radius 2 is 1.76 bits per heavy atom. The number of nitrogens with zero attached hydrogens (tertiary/aromatic N) is 1. The first-order valence-corrected chi connectivity index (χ1v) is 8.60. The van der Waals surface area contributed by atoms with Crippen molar-refractivity contribution in [2.24, 2.45) is 0 Å². The lowest BCUT2D eigenvalue weighted by Crippen LogP contribution is -2.48. The van der Waals surface area contributed by atoms with Crippen LogP contribution < -0.4 is 5.32 Å². The highest BCUT2D eigenvalue weighted by atomic mass is 32.2. The third kappa shape index (κ3) is 3.15. The summed E-state index contributed by atoms with van der Waals surface area (Å²) in [6.45, 7) is 8.48. The first kappa shape index (κ1) is 16.5. The molecule has 120 valence electrons. The lowest BCUT2D eigenvalue weighted by atomic mass is 10.2. The van der Waals surface area contributed by atoms with Crippen LogP contribution in [0.1, 0.15) is 30.9 Å². The van der Waals surface area contributed by atoms with Crippen molar-refractivity contribution in [2.45, 2.75) is 51.3 Å². The molecule has 1 aromatic rings. The molecule has 0 aromatic carbocycles. The van der Waals surface area contributed by atoms with Gasteiger partial charge in [-0.25, -0.2) is 8.42 Å². The molecule has 1 fully saturated rings. The van der Waals surface area contributed by atoms with Gasteiger partial charge in [0.05, 0.1) is 12.2 Å². The van der Waals surface area contributed by atoms with Crippen LogP contribution in [0.15, 0.2) is 9.31 Å². The van der Waals surface area contributed by atoms with E-state index in [1.165, 1.54) is 4.31 Å². The van der Waals surface area contributed by atoms with Crippen molar-refractivity contribution in [3.63, 3.8) is 0 Å². The molecule has 0 spiro atoms. The number of nitrogens with one attached hydrogen (secondary N) is 1. The standard InChI is InChI=1S/C14H24N2O4S/c1-9-7-16(8-10(2)19-9)21(17,18)14-12(4)20-11(3)13(14)6-15-5/h9-10,15H,6-8H2,1-5H3/t9-,10+. The second-order valence-corrected chi connectivity index (χ2v) is 7.51. The van der Waals surface area contributed by atoms with Gasteiger partial charge in [0, 0.05) is 25.2 Å². The van der Waals surface area contributed by atoms with Crippen LogP contribution in [0.4, 0.5) is 0 Å². The largest absolute Gasteiger partial charge is 0.465 e. The third-order valence-corrected chi connectivity index (χ3v) is 5.69. The van der Waals surface area contributed by atoms with Crippen molar-refractivity contribution in [3.05, 3.63) is 17.1 Å². The van der Waals surface area contributed by atoms with Crippen molar-refractivity contribution in [1.82, 2.24) is 9.62 Å². The number of hydrogen-bond acceptors (Lipinski definition) is 5. The first-order chi connectivity index (χ1) is 9.77. The quantitative estimate of drug-likeness (QED) is 0.909. The predicted octanol–water partition coefficient (Wildman–Crippen LogP) is 1.41. The molecule has 1 aliphatic heterocycles. The molecular formula is C14H24N2O4S. The molecule has 0 bridgehead atoms. The number of rotatable bonds is 4. The summed E-state index contributed by atoms with van der Waals surface area (Å²) in [5.74, 6) is 1.10. The Kier molecular flexibility index (Phi) is 4.77. The fourth-order valence-corrected chi connectivity index (χ4v) is 4.89. The SMILES string of the molecule is CNCc1c(C)oc(C)c1S(=O)(=O)N1C[C@@H](C)O[C@@H](C)C1. The molecule has 0 unspecified atom stereocenters. The van der Waals surface area contributed by atoms with E-state index in [1.54, 1.807) is 20.9 Å². The Morgan fingerprint density at radius 1 is 1.19 bits per heavy atom. The fraction of sp³-hybridized carbons (Fsp3) is 0.714. The van der Waals surface area contributed by atoms with Gasteiger partial charge in [-0.1, -0.05) is 0 Å². The molecule has 2 atom stereocenters.